The van der Waals surface area contributed by atoms with Gasteiger partial charge in [-0.25, -0.2) is 12.8 Å². The lowest BCUT2D eigenvalue weighted by molar-refractivity contribution is -0.140. The Hall–Kier alpha value is -4.50. The molecule has 1 unspecified atom stereocenters. The SMILES string of the molecule is Cc1ccc(N(CC(=O)N(Cc2ccccc2F)C(Cc2ccccc2)C(=O)NC(C)(C)C)S(=O)(=O)c2ccccc2)c(C)c1. The van der Waals surface area contributed by atoms with Crippen LogP contribution < -0.4 is 9.62 Å². The maximum absolute atomic E-state index is 15.1. The fourth-order valence-corrected chi connectivity index (χ4v) is 6.63. The van der Waals surface area contributed by atoms with Gasteiger partial charge in [0, 0.05) is 24.1 Å². The Morgan fingerprint density at radius 3 is 2.04 bits per heavy atom. The minimum absolute atomic E-state index is 0.0183. The second kappa shape index (κ2) is 14.1. The Morgan fingerprint density at radius 1 is 0.844 bits per heavy atom. The minimum atomic E-state index is -4.22. The molecule has 0 saturated carbocycles. The van der Waals surface area contributed by atoms with Crippen molar-refractivity contribution in [3.05, 3.63) is 131 Å². The van der Waals surface area contributed by atoms with Crippen LogP contribution in [0.4, 0.5) is 10.1 Å². The summed E-state index contributed by atoms with van der Waals surface area (Å²) in [7, 11) is -4.22. The molecule has 0 fully saturated rings. The summed E-state index contributed by atoms with van der Waals surface area (Å²) in [4.78, 5) is 29.8. The molecule has 0 radical (unpaired) electrons. The number of halogens is 1. The molecule has 236 valence electrons. The molecule has 1 N–H and O–H groups in total. The van der Waals surface area contributed by atoms with Crippen LogP contribution in [-0.2, 0) is 32.6 Å². The molecule has 4 aromatic carbocycles. The van der Waals surface area contributed by atoms with Crippen LogP contribution in [0.1, 0.15) is 43.0 Å². The van der Waals surface area contributed by atoms with Gasteiger partial charge < -0.3 is 10.2 Å². The number of carbonyl (C=O) groups is 2. The molecule has 0 saturated heterocycles. The zero-order chi connectivity index (χ0) is 32.8. The van der Waals surface area contributed by atoms with Gasteiger partial charge in [0.15, 0.2) is 0 Å². The van der Waals surface area contributed by atoms with E-state index >= 15 is 4.39 Å². The Labute approximate surface area is 265 Å². The van der Waals surface area contributed by atoms with E-state index in [4.69, 9.17) is 0 Å². The van der Waals surface area contributed by atoms with Crippen LogP contribution in [0.2, 0.25) is 0 Å². The first-order valence-corrected chi connectivity index (χ1v) is 16.2. The average Bonchev–Trinajstić information content (AvgIpc) is 2.99. The van der Waals surface area contributed by atoms with Gasteiger partial charge in [0.05, 0.1) is 10.6 Å². The van der Waals surface area contributed by atoms with Crippen LogP contribution in [-0.4, -0.2) is 43.3 Å². The Kier molecular flexibility index (Phi) is 10.4. The molecule has 0 aliphatic heterocycles. The smallest absolute Gasteiger partial charge is 0.264 e. The number of anilines is 1. The van der Waals surface area contributed by atoms with Crippen molar-refractivity contribution in [2.24, 2.45) is 0 Å². The first-order valence-electron chi connectivity index (χ1n) is 14.8. The lowest BCUT2D eigenvalue weighted by Crippen LogP contribution is -2.56. The standard InChI is InChI=1S/C36H40FN3O4S/c1-26-20-21-32(27(2)22-26)40(45(43,44)30-17-10-7-11-18-30)25-34(41)39(24-29-16-12-13-19-31(29)37)33(35(42)38-36(3,4)5)23-28-14-8-6-9-15-28/h6-22,33H,23-25H2,1-5H3,(H,38,42). The summed E-state index contributed by atoms with van der Waals surface area (Å²) < 4.78 is 44.4. The van der Waals surface area contributed by atoms with Gasteiger partial charge in [0.1, 0.15) is 18.4 Å². The molecular weight excluding hydrogens is 589 g/mol. The minimum Gasteiger partial charge on any atom is -0.350 e. The maximum atomic E-state index is 15.1. The van der Waals surface area contributed by atoms with Crippen molar-refractivity contribution in [2.45, 2.75) is 64.1 Å². The van der Waals surface area contributed by atoms with E-state index in [1.54, 1.807) is 55.5 Å². The van der Waals surface area contributed by atoms with Gasteiger partial charge in [0.25, 0.3) is 10.0 Å². The van der Waals surface area contributed by atoms with Gasteiger partial charge in [-0.05, 0) is 70.0 Å². The van der Waals surface area contributed by atoms with Crippen LogP contribution in [0.25, 0.3) is 0 Å². The highest BCUT2D eigenvalue weighted by Crippen LogP contribution is 2.28. The van der Waals surface area contributed by atoms with E-state index in [9.17, 15) is 18.0 Å². The summed E-state index contributed by atoms with van der Waals surface area (Å²) in [6.07, 6.45) is 0.137. The third-order valence-corrected chi connectivity index (χ3v) is 9.07. The molecule has 4 aromatic rings. The molecule has 2 amide bonds. The van der Waals surface area contributed by atoms with E-state index in [-0.39, 0.29) is 23.4 Å². The molecule has 0 aliphatic carbocycles. The third kappa shape index (κ3) is 8.57. The van der Waals surface area contributed by atoms with Crippen molar-refractivity contribution in [1.29, 1.82) is 0 Å². The predicted molar refractivity (Wildman–Crippen MR) is 176 cm³/mol. The van der Waals surface area contributed by atoms with Crippen molar-refractivity contribution in [3.63, 3.8) is 0 Å². The number of benzene rings is 4. The summed E-state index contributed by atoms with van der Waals surface area (Å²) in [6.45, 7) is 8.34. The van der Waals surface area contributed by atoms with E-state index < -0.39 is 45.8 Å². The number of amides is 2. The number of sulfonamides is 1. The molecule has 0 spiro atoms. The Bertz CT molecular complexity index is 1740. The summed E-state index contributed by atoms with van der Waals surface area (Å²) >= 11 is 0. The largest absolute Gasteiger partial charge is 0.350 e. The quantitative estimate of drug-likeness (QED) is 0.214. The number of nitrogens with one attached hydrogen (secondary N) is 1. The molecule has 9 heteroatoms. The maximum Gasteiger partial charge on any atom is 0.264 e. The summed E-state index contributed by atoms with van der Waals surface area (Å²) in [5, 5.41) is 2.97. The van der Waals surface area contributed by atoms with Gasteiger partial charge >= 0.3 is 0 Å². The fourth-order valence-electron chi connectivity index (χ4n) is 5.14. The lowest BCUT2D eigenvalue weighted by atomic mass is 10.0. The number of hydrogen-bond donors (Lipinski definition) is 1. The van der Waals surface area contributed by atoms with Crippen LogP contribution in [0.3, 0.4) is 0 Å². The molecule has 7 nitrogen and oxygen atoms in total. The lowest BCUT2D eigenvalue weighted by Gasteiger charge is -2.35. The van der Waals surface area contributed by atoms with Crippen LogP contribution in [0.15, 0.2) is 108 Å². The highest BCUT2D eigenvalue weighted by molar-refractivity contribution is 7.92. The zero-order valence-electron chi connectivity index (χ0n) is 26.3. The first-order chi connectivity index (χ1) is 21.3. The van der Waals surface area contributed by atoms with Crippen molar-refractivity contribution >= 4 is 27.5 Å². The zero-order valence-corrected chi connectivity index (χ0v) is 27.1. The fraction of sp³-hybridized carbons (Fsp3) is 0.278. The van der Waals surface area contributed by atoms with Crippen molar-refractivity contribution in [2.75, 3.05) is 10.8 Å². The van der Waals surface area contributed by atoms with E-state index in [1.165, 1.54) is 23.1 Å². The van der Waals surface area contributed by atoms with Crippen LogP contribution in [0.5, 0.6) is 0 Å². The molecule has 0 heterocycles. The number of carbonyl (C=O) groups excluding carboxylic acids is 2. The second-order valence-electron chi connectivity index (χ2n) is 12.2. The number of hydrogen-bond acceptors (Lipinski definition) is 4. The normalized spacial score (nSPS) is 12.3. The summed E-state index contributed by atoms with van der Waals surface area (Å²) in [5.74, 6) is -1.61. The number of rotatable bonds is 11. The van der Waals surface area contributed by atoms with Gasteiger partial charge in [-0.2, -0.15) is 0 Å². The van der Waals surface area contributed by atoms with Gasteiger partial charge in [-0.3, -0.25) is 13.9 Å². The van der Waals surface area contributed by atoms with E-state index in [1.807, 2.05) is 64.1 Å². The molecule has 1 atom stereocenters. The Balaban J connectivity index is 1.84. The average molecular weight is 630 g/mol. The van der Waals surface area contributed by atoms with Crippen LogP contribution >= 0.6 is 0 Å². The van der Waals surface area contributed by atoms with Gasteiger partial charge in [0.2, 0.25) is 11.8 Å². The van der Waals surface area contributed by atoms with E-state index in [0.717, 1.165) is 15.4 Å². The molecule has 0 aromatic heterocycles. The summed E-state index contributed by atoms with van der Waals surface area (Å²) in [6, 6.07) is 27.4. The highest BCUT2D eigenvalue weighted by Gasteiger charge is 2.36. The monoisotopic (exact) mass is 629 g/mol. The highest BCUT2D eigenvalue weighted by atomic mass is 32.2. The molecule has 45 heavy (non-hydrogen) atoms. The van der Waals surface area contributed by atoms with E-state index in [0.29, 0.717) is 11.3 Å². The Morgan fingerprint density at radius 2 is 1.44 bits per heavy atom. The van der Waals surface area contributed by atoms with E-state index in [2.05, 4.69) is 5.32 Å². The second-order valence-corrected chi connectivity index (χ2v) is 14.0. The van der Waals surface area contributed by atoms with Crippen LogP contribution in [0, 0.1) is 19.7 Å². The number of aryl methyl sites for hydroxylation is 2. The molecule has 0 bridgehead atoms. The molecular formula is C36H40FN3O4S. The topological polar surface area (TPSA) is 86.8 Å². The van der Waals surface area contributed by atoms with Crippen molar-refractivity contribution in [1.82, 2.24) is 10.2 Å². The first kappa shape index (κ1) is 33.4. The molecule has 0 aliphatic rings. The number of nitrogens with zero attached hydrogens (tertiary/aromatic N) is 2. The third-order valence-electron chi connectivity index (χ3n) is 7.30. The predicted octanol–water partition coefficient (Wildman–Crippen LogP) is 6.19. The molecule has 4 rings (SSSR count). The van der Waals surface area contributed by atoms with Crippen molar-refractivity contribution in [3.8, 4) is 0 Å². The summed E-state index contributed by atoms with van der Waals surface area (Å²) in [5.41, 5.74) is 2.30. The van der Waals surface area contributed by atoms with Gasteiger partial charge in [-0.1, -0.05) is 84.4 Å². The van der Waals surface area contributed by atoms with Gasteiger partial charge in [-0.15, -0.1) is 0 Å². The van der Waals surface area contributed by atoms with Crippen molar-refractivity contribution < 1.29 is 22.4 Å².